The molecule has 1 aliphatic rings. The Labute approximate surface area is 166 Å². The van der Waals surface area contributed by atoms with Crippen LogP contribution in [0.3, 0.4) is 0 Å². The summed E-state index contributed by atoms with van der Waals surface area (Å²) in [6.07, 6.45) is 0. The minimum atomic E-state index is -4.35. The molecule has 5 rings (SSSR count). The van der Waals surface area contributed by atoms with Crippen LogP contribution in [0.2, 0.25) is 0 Å². The van der Waals surface area contributed by atoms with Crippen LogP contribution in [0.5, 0.6) is 23.0 Å². The molecule has 146 valence electrons. The summed E-state index contributed by atoms with van der Waals surface area (Å²) in [5, 5.41) is 3.52. The monoisotopic (exact) mass is 408 g/mol. The fraction of sp³-hybridized carbons (Fsp3) is 0.0909. The maximum Gasteiger partial charge on any atom is 0.584 e. The summed E-state index contributed by atoms with van der Waals surface area (Å²) in [5.74, 6) is 1.88. The number of hydrogen-bond donors (Lipinski definition) is 1. The van der Waals surface area contributed by atoms with Crippen molar-refractivity contribution >= 4 is 29.4 Å². The number of hydrogen-bond acceptors (Lipinski definition) is 5. The molecule has 0 aliphatic carbocycles. The van der Waals surface area contributed by atoms with Gasteiger partial charge in [-0.25, -0.2) is 4.57 Å². The molecule has 1 N–H and O–H groups in total. The second-order valence-corrected chi connectivity index (χ2v) is 8.00. The van der Waals surface area contributed by atoms with Gasteiger partial charge in [0, 0.05) is 11.1 Å². The van der Waals surface area contributed by atoms with Crippen LogP contribution >= 0.6 is 7.82 Å². The van der Waals surface area contributed by atoms with Gasteiger partial charge >= 0.3 is 7.82 Å². The summed E-state index contributed by atoms with van der Waals surface area (Å²) in [4.78, 5) is 10.3. The van der Waals surface area contributed by atoms with E-state index < -0.39 is 7.82 Å². The van der Waals surface area contributed by atoms with Crippen LogP contribution in [0, 0.1) is 0 Å². The normalized spacial score (nSPS) is 14.3. The molecule has 0 fully saturated rings. The lowest BCUT2D eigenvalue weighted by Gasteiger charge is -2.14. The Kier molecular flexibility index (Phi) is 3.95. The van der Waals surface area contributed by atoms with E-state index in [2.05, 4.69) is 0 Å². The molecule has 4 aromatic carbocycles. The largest absolute Gasteiger partial charge is 0.584 e. The topological polar surface area (TPSA) is 74.2 Å². The molecule has 0 spiro atoms. The Bertz CT molecular complexity index is 1230. The average molecular weight is 408 g/mol. The minimum Gasteiger partial charge on any atom is -0.497 e. The fourth-order valence-electron chi connectivity index (χ4n) is 3.75. The first kappa shape index (κ1) is 17.9. The van der Waals surface area contributed by atoms with Crippen LogP contribution in [0.1, 0.15) is 0 Å². The molecule has 0 amide bonds. The van der Waals surface area contributed by atoms with Gasteiger partial charge in [-0.1, -0.05) is 24.3 Å². The molecule has 7 heteroatoms. The highest BCUT2D eigenvalue weighted by Gasteiger charge is 2.34. The minimum absolute atomic E-state index is 0.269. The summed E-state index contributed by atoms with van der Waals surface area (Å²) in [7, 11) is -1.16. The number of ether oxygens (including phenoxy) is 2. The van der Waals surface area contributed by atoms with Crippen LogP contribution in [0.15, 0.2) is 60.7 Å². The van der Waals surface area contributed by atoms with Gasteiger partial charge in [0.2, 0.25) is 0 Å². The standard InChI is InChI=1S/C22H17O6P/c1-25-15-7-3-13-5-9-19-21(17(13)11-15)22-18-12-16(26-2)8-4-14(18)6-10-20(22)28-29(23,24)27-19/h3-12H,1-2H3,(H,23,24). The second kappa shape index (κ2) is 6.41. The summed E-state index contributed by atoms with van der Waals surface area (Å²) < 4.78 is 34.2. The molecule has 4 aromatic rings. The van der Waals surface area contributed by atoms with Crippen molar-refractivity contribution in [2.45, 2.75) is 0 Å². The molecule has 0 aromatic heterocycles. The zero-order chi connectivity index (χ0) is 20.2. The third-order valence-electron chi connectivity index (χ3n) is 5.06. The molecule has 29 heavy (non-hydrogen) atoms. The molecule has 0 saturated carbocycles. The third-order valence-corrected chi connectivity index (χ3v) is 5.91. The Balaban J connectivity index is 1.98. The molecule has 0 radical (unpaired) electrons. The lowest BCUT2D eigenvalue weighted by atomic mass is 9.92. The summed E-state index contributed by atoms with van der Waals surface area (Å²) in [6.45, 7) is 0. The van der Waals surface area contributed by atoms with E-state index in [1.807, 2.05) is 48.5 Å². The highest BCUT2D eigenvalue weighted by molar-refractivity contribution is 7.48. The number of methoxy groups -OCH3 is 2. The smallest absolute Gasteiger partial charge is 0.497 e. The van der Waals surface area contributed by atoms with Gasteiger partial charge < -0.3 is 18.5 Å². The average Bonchev–Trinajstić information content (AvgIpc) is 2.85. The summed E-state index contributed by atoms with van der Waals surface area (Å²) in [6, 6.07) is 18.4. The Morgan fingerprint density at radius 1 is 0.724 bits per heavy atom. The molecule has 1 heterocycles. The van der Waals surface area contributed by atoms with Crippen molar-refractivity contribution in [1.82, 2.24) is 0 Å². The van der Waals surface area contributed by atoms with Gasteiger partial charge in [-0.2, -0.15) is 0 Å². The van der Waals surface area contributed by atoms with Gasteiger partial charge in [0.25, 0.3) is 0 Å². The van der Waals surface area contributed by atoms with Gasteiger partial charge in [0.15, 0.2) is 0 Å². The van der Waals surface area contributed by atoms with Gasteiger partial charge in [-0.05, 0) is 57.9 Å². The van der Waals surface area contributed by atoms with Gasteiger partial charge in [-0.15, -0.1) is 0 Å². The van der Waals surface area contributed by atoms with E-state index in [1.165, 1.54) is 0 Å². The quantitative estimate of drug-likeness (QED) is 0.439. The number of benzene rings is 4. The zero-order valence-electron chi connectivity index (χ0n) is 15.7. The van der Waals surface area contributed by atoms with E-state index in [1.54, 1.807) is 26.4 Å². The first-order chi connectivity index (χ1) is 14.0. The van der Waals surface area contributed by atoms with Crippen LogP contribution in [-0.4, -0.2) is 19.1 Å². The number of phosphoric acid groups is 1. The predicted molar refractivity (Wildman–Crippen MR) is 111 cm³/mol. The summed E-state index contributed by atoms with van der Waals surface area (Å²) in [5.41, 5.74) is 1.34. The van der Waals surface area contributed by atoms with Crippen molar-refractivity contribution < 1.29 is 28.0 Å². The van der Waals surface area contributed by atoms with E-state index in [9.17, 15) is 9.46 Å². The van der Waals surface area contributed by atoms with E-state index in [4.69, 9.17) is 18.5 Å². The van der Waals surface area contributed by atoms with Crippen molar-refractivity contribution in [2.24, 2.45) is 0 Å². The highest BCUT2D eigenvalue weighted by atomic mass is 31.2. The van der Waals surface area contributed by atoms with Crippen molar-refractivity contribution in [1.29, 1.82) is 0 Å². The lowest BCUT2D eigenvalue weighted by Crippen LogP contribution is -1.97. The van der Waals surface area contributed by atoms with E-state index >= 15 is 0 Å². The molecule has 1 aliphatic heterocycles. The fourth-order valence-corrected chi connectivity index (χ4v) is 4.59. The number of phosphoric ester groups is 1. The van der Waals surface area contributed by atoms with Crippen LogP contribution in [0.25, 0.3) is 32.7 Å². The van der Waals surface area contributed by atoms with Crippen molar-refractivity contribution in [3.8, 4) is 34.1 Å². The Morgan fingerprint density at radius 3 is 1.55 bits per heavy atom. The van der Waals surface area contributed by atoms with Crippen molar-refractivity contribution in [3.05, 3.63) is 60.7 Å². The van der Waals surface area contributed by atoms with E-state index in [0.717, 1.165) is 21.5 Å². The highest BCUT2D eigenvalue weighted by Crippen LogP contribution is 2.57. The first-order valence-corrected chi connectivity index (χ1v) is 10.4. The zero-order valence-corrected chi connectivity index (χ0v) is 16.6. The van der Waals surface area contributed by atoms with Crippen molar-refractivity contribution in [3.63, 3.8) is 0 Å². The van der Waals surface area contributed by atoms with Gasteiger partial charge in [0.1, 0.15) is 23.0 Å². The molecule has 0 atom stereocenters. The first-order valence-electron chi connectivity index (χ1n) is 8.93. The van der Waals surface area contributed by atoms with E-state index in [0.29, 0.717) is 22.6 Å². The van der Waals surface area contributed by atoms with Crippen molar-refractivity contribution in [2.75, 3.05) is 14.2 Å². The maximum atomic E-state index is 12.6. The molecular weight excluding hydrogens is 391 g/mol. The van der Waals surface area contributed by atoms with Gasteiger partial charge in [-0.3, -0.25) is 4.89 Å². The SMILES string of the molecule is COc1ccc2ccc3c(c2c1)-c1c(ccc2ccc(OC)cc12)OP(=O)(O)O3. The molecular formula is C22H17O6P. The lowest BCUT2D eigenvalue weighted by molar-refractivity contribution is 0.294. The Hall–Kier alpha value is -3.21. The van der Waals surface area contributed by atoms with Crippen LogP contribution in [0.4, 0.5) is 0 Å². The maximum absolute atomic E-state index is 12.6. The van der Waals surface area contributed by atoms with Crippen LogP contribution in [-0.2, 0) is 4.57 Å². The molecule has 0 unspecified atom stereocenters. The number of fused-ring (bicyclic) bond motifs is 7. The summed E-state index contributed by atoms with van der Waals surface area (Å²) >= 11 is 0. The Morgan fingerprint density at radius 2 is 1.14 bits per heavy atom. The van der Waals surface area contributed by atoms with Gasteiger partial charge in [0.05, 0.1) is 14.2 Å². The predicted octanol–water partition coefficient (Wildman–Crippen LogP) is 5.55. The third kappa shape index (κ3) is 2.89. The molecule has 6 nitrogen and oxygen atoms in total. The van der Waals surface area contributed by atoms with Crippen LogP contribution < -0.4 is 18.5 Å². The molecule has 0 bridgehead atoms. The number of rotatable bonds is 2. The molecule has 0 saturated heterocycles. The second-order valence-electron chi connectivity index (χ2n) is 6.70. The van der Waals surface area contributed by atoms with E-state index in [-0.39, 0.29) is 11.5 Å².